The van der Waals surface area contributed by atoms with E-state index in [9.17, 15) is 0 Å². The van der Waals surface area contributed by atoms with Gasteiger partial charge in [0.2, 0.25) is 0 Å². The third kappa shape index (κ3) is 1.60. The van der Waals surface area contributed by atoms with Crippen LogP contribution in [0.5, 0.6) is 0 Å². The average molecular weight is 229 g/mol. The first kappa shape index (κ1) is 10.0. The summed E-state index contributed by atoms with van der Waals surface area (Å²) in [4.78, 5) is 0. The molecule has 2 heterocycles. The molecule has 1 aromatic heterocycles. The van der Waals surface area contributed by atoms with E-state index in [0.717, 1.165) is 24.5 Å². The van der Waals surface area contributed by atoms with Crippen molar-refractivity contribution in [3.8, 4) is 0 Å². The number of aromatic nitrogens is 2. The Morgan fingerprint density at radius 1 is 1.24 bits per heavy atom. The van der Waals surface area contributed by atoms with Crippen molar-refractivity contribution in [2.45, 2.75) is 12.5 Å². The van der Waals surface area contributed by atoms with Crippen LogP contribution in [0.15, 0.2) is 30.5 Å². The molecular weight excluding hydrogens is 214 g/mol. The van der Waals surface area contributed by atoms with E-state index in [4.69, 9.17) is 11.5 Å². The van der Waals surface area contributed by atoms with Gasteiger partial charge in [-0.15, -0.1) is 0 Å². The molecule has 5 nitrogen and oxygen atoms in total. The summed E-state index contributed by atoms with van der Waals surface area (Å²) in [6.07, 6.45) is 2.69. The van der Waals surface area contributed by atoms with Gasteiger partial charge in [0.1, 0.15) is 5.82 Å². The zero-order valence-corrected chi connectivity index (χ0v) is 9.43. The van der Waals surface area contributed by atoms with Crippen LogP contribution in [0.4, 0.5) is 17.2 Å². The van der Waals surface area contributed by atoms with E-state index in [1.54, 1.807) is 6.20 Å². The average Bonchev–Trinajstić information content (AvgIpc) is 2.73. The van der Waals surface area contributed by atoms with E-state index in [-0.39, 0.29) is 6.04 Å². The van der Waals surface area contributed by atoms with Crippen LogP contribution in [-0.4, -0.2) is 16.3 Å². The van der Waals surface area contributed by atoms with Crippen molar-refractivity contribution in [1.29, 1.82) is 0 Å². The van der Waals surface area contributed by atoms with Crippen LogP contribution in [0.25, 0.3) is 0 Å². The lowest BCUT2D eigenvalue weighted by Crippen LogP contribution is -2.24. The molecule has 0 amide bonds. The maximum Gasteiger partial charge on any atom is 0.148 e. The Balaban J connectivity index is 2.02. The number of nitrogens with zero attached hydrogens (tertiary/aromatic N) is 2. The number of nitrogens with one attached hydrogen (secondary N) is 1. The zero-order valence-electron chi connectivity index (χ0n) is 9.43. The molecule has 1 aliphatic heterocycles. The normalized spacial score (nSPS) is 18.5. The molecule has 0 aliphatic carbocycles. The van der Waals surface area contributed by atoms with E-state index in [2.05, 4.69) is 10.4 Å². The lowest BCUT2D eigenvalue weighted by atomic mass is 10.0. The maximum absolute atomic E-state index is 5.86. The Morgan fingerprint density at radius 3 is 2.76 bits per heavy atom. The molecule has 17 heavy (non-hydrogen) atoms. The molecule has 1 aliphatic rings. The number of hydrogen-bond donors (Lipinski definition) is 3. The first-order chi connectivity index (χ1) is 8.25. The summed E-state index contributed by atoms with van der Waals surface area (Å²) < 4.78 is 1.95. The van der Waals surface area contributed by atoms with Gasteiger partial charge in [-0.2, -0.15) is 5.10 Å². The van der Waals surface area contributed by atoms with Crippen LogP contribution in [0.2, 0.25) is 0 Å². The van der Waals surface area contributed by atoms with E-state index in [1.807, 2.05) is 28.9 Å². The first-order valence-electron chi connectivity index (χ1n) is 5.68. The van der Waals surface area contributed by atoms with Crippen LogP contribution < -0.4 is 16.8 Å². The molecule has 0 fully saturated rings. The second-order valence-corrected chi connectivity index (χ2v) is 4.29. The minimum absolute atomic E-state index is 0.240. The Bertz CT molecular complexity index is 528. The highest BCUT2D eigenvalue weighted by Gasteiger charge is 2.23. The van der Waals surface area contributed by atoms with Crippen LogP contribution in [0.1, 0.15) is 18.0 Å². The predicted molar refractivity (Wildman–Crippen MR) is 68.7 cm³/mol. The highest BCUT2D eigenvalue weighted by Crippen LogP contribution is 2.32. The number of anilines is 3. The molecular formula is C12H15N5. The molecule has 3 rings (SSSR count). The SMILES string of the molecule is Nc1ccc(C2CCNc3c(N)cnn32)cc1. The Kier molecular flexibility index (Phi) is 2.18. The van der Waals surface area contributed by atoms with Gasteiger partial charge in [-0.3, -0.25) is 0 Å². The molecule has 2 aromatic rings. The Morgan fingerprint density at radius 2 is 2.00 bits per heavy atom. The summed E-state index contributed by atoms with van der Waals surface area (Å²) in [5.74, 6) is 0.915. The van der Waals surface area contributed by atoms with E-state index in [1.165, 1.54) is 5.56 Å². The summed E-state index contributed by atoms with van der Waals surface area (Å²) in [5.41, 5.74) is 14.3. The van der Waals surface area contributed by atoms with Crippen molar-refractivity contribution in [2.24, 2.45) is 0 Å². The molecule has 1 atom stereocenters. The third-order valence-electron chi connectivity index (χ3n) is 3.15. The lowest BCUT2D eigenvalue weighted by Gasteiger charge is -2.26. The maximum atomic E-state index is 5.86. The van der Waals surface area contributed by atoms with Crippen molar-refractivity contribution >= 4 is 17.2 Å². The largest absolute Gasteiger partial charge is 0.399 e. The smallest absolute Gasteiger partial charge is 0.148 e. The highest BCUT2D eigenvalue weighted by molar-refractivity contribution is 5.62. The van der Waals surface area contributed by atoms with Crippen molar-refractivity contribution in [3.05, 3.63) is 36.0 Å². The van der Waals surface area contributed by atoms with Gasteiger partial charge in [-0.05, 0) is 24.1 Å². The third-order valence-corrected chi connectivity index (χ3v) is 3.15. The monoisotopic (exact) mass is 229 g/mol. The fraction of sp³-hybridized carbons (Fsp3) is 0.250. The van der Waals surface area contributed by atoms with Crippen molar-refractivity contribution in [1.82, 2.24) is 9.78 Å². The van der Waals surface area contributed by atoms with Gasteiger partial charge in [0, 0.05) is 12.2 Å². The second-order valence-electron chi connectivity index (χ2n) is 4.29. The lowest BCUT2D eigenvalue weighted by molar-refractivity contribution is 0.482. The molecule has 88 valence electrons. The summed E-state index contributed by atoms with van der Waals surface area (Å²) in [7, 11) is 0. The molecule has 5 heteroatoms. The van der Waals surface area contributed by atoms with Gasteiger partial charge in [0.25, 0.3) is 0 Å². The second kappa shape index (κ2) is 3.69. The summed E-state index contributed by atoms with van der Waals surface area (Å²) in [6.45, 7) is 0.908. The fourth-order valence-electron chi connectivity index (χ4n) is 2.27. The molecule has 1 aromatic carbocycles. The van der Waals surface area contributed by atoms with Gasteiger partial charge in [0.05, 0.1) is 17.9 Å². The molecule has 0 saturated carbocycles. The molecule has 0 saturated heterocycles. The standard InChI is InChI=1S/C12H15N5/c13-9-3-1-8(2-4-9)11-5-6-15-12-10(14)7-16-17(11)12/h1-4,7,11,15H,5-6,13-14H2. The molecule has 1 unspecified atom stereocenters. The topological polar surface area (TPSA) is 81.9 Å². The Labute approximate surface area is 99.4 Å². The van der Waals surface area contributed by atoms with Crippen LogP contribution >= 0.6 is 0 Å². The molecule has 5 N–H and O–H groups in total. The van der Waals surface area contributed by atoms with Gasteiger partial charge in [-0.25, -0.2) is 4.68 Å². The zero-order chi connectivity index (χ0) is 11.8. The minimum Gasteiger partial charge on any atom is -0.399 e. The minimum atomic E-state index is 0.240. The number of nitrogen functional groups attached to an aromatic ring is 2. The van der Waals surface area contributed by atoms with Crippen molar-refractivity contribution in [2.75, 3.05) is 23.3 Å². The predicted octanol–water partition coefficient (Wildman–Crippen LogP) is 1.45. The van der Waals surface area contributed by atoms with E-state index in [0.29, 0.717) is 5.69 Å². The van der Waals surface area contributed by atoms with Crippen LogP contribution in [-0.2, 0) is 0 Å². The quantitative estimate of drug-likeness (QED) is 0.646. The summed E-state index contributed by atoms with van der Waals surface area (Å²) in [5, 5.41) is 7.61. The van der Waals surface area contributed by atoms with E-state index >= 15 is 0 Å². The number of rotatable bonds is 1. The van der Waals surface area contributed by atoms with E-state index < -0.39 is 0 Å². The molecule has 0 radical (unpaired) electrons. The summed E-state index contributed by atoms with van der Waals surface area (Å²) >= 11 is 0. The molecule has 0 bridgehead atoms. The number of hydrogen-bond acceptors (Lipinski definition) is 4. The van der Waals surface area contributed by atoms with Crippen molar-refractivity contribution in [3.63, 3.8) is 0 Å². The van der Waals surface area contributed by atoms with Crippen molar-refractivity contribution < 1.29 is 0 Å². The van der Waals surface area contributed by atoms with Gasteiger partial charge < -0.3 is 16.8 Å². The van der Waals surface area contributed by atoms with Gasteiger partial charge >= 0.3 is 0 Å². The number of benzene rings is 1. The molecule has 0 spiro atoms. The fourth-order valence-corrected chi connectivity index (χ4v) is 2.27. The number of nitrogens with two attached hydrogens (primary N) is 2. The number of fused-ring (bicyclic) bond motifs is 1. The first-order valence-corrected chi connectivity index (χ1v) is 5.68. The van der Waals surface area contributed by atoms with Crippen LogP contribution in [0.3, 0.4) is 0 Å². The van der Waals surface area contributed by atoms with Gasteiger partial charge in [0.15, 0.2) is 0 Å². The summed E-state index contributed by atoms with van der Waals surface area (Å²) in [6, 6.07) is 8.18. The van der Waals surface area contributed by atoms with Gasteiger partial charge in [-0.1, -0.05) is 12.1 Å². The highest BCUT2D eigenvalue weighted by atomic mass is 15.4. The van der Waals surface area contributed by atoms with Crippen LogP contribution in [0, 0.1) is 0 Å². The Hall–Kier alpha value is -2.17.